The van der Waals surface area contributed by atoms with Crippen molar-refractivity contribution in [2.45, 2.75) is 82.0 Å². The quantitative estimate of drug-likeness (QED) is 0.838. The summed E-state index contributed by atoms with van der Waals surface area (Å²) in [5, 5.41) is 4.03. The van der Waals surface area contributed by atoms with Gasteiger partial charge in [0.2, 0.25) is 5.91 Å². The Bertz CT molecular complexity index is 330. The summed E-state index contributed by atoms with van der Waals surface area (Å²) >= 11 is 2.04. The van der Waals surface area contributed by atoms with Crippen molar-refractivity contribution in [2.24, 2.45) is 11.7 Å². The molecule has 2 rings (SSSR count). The molecule has 4 unspecified atom stereocenters. The Balaban J connectivity index is 1.87. The molecule has 3 N–H and O–H groups in total. The molecule has 2 saturated carbocycles. The third-order valence-electron chi connectivity index (χ3n) is 4.95. The van der Waals surface area contributed by atoms with Gasteiger partial charge in [0.15, 0.2) is 0 Å². The predicted molar refractivity (Wildman–Crippen MR) is 86.9 cm³/mol. The second-order valence-corrected chi connectivity index (χ2v) is 8.33. The second-order valence-electron chi connectivity index (χ2n) is 6.75. The van der Waals surface area contributed by atoms with Gasteiger partial charge in [0.1, 0.15) is 0 Å². The number of amides is 1. The summed E-state index contributed by atoms with van der Waals surface area (Å²) in [5.74, 6) is 1.40. The molecule has 20 heavy (non-hydrogen) atoms. The SMILES string of the molecule is CCSC1CCCC(NC(=O)C2CCCCC2(C)N)C1. The van der Waals surface area contributed by atoms with Crippen LogP contribution in [0, 0.1) is 5.92 Å². The zero-order chi connectivity index (χ0) is 14.6. The first kappa shape index (κ1) is 16.2. The van der Waals surface area contributed by atoms with Crippen molar-refractivity contribution in [3.63, 3.8) is 0 Å². The van der Waals surface area contributed by atoms with Crippen LogP contribution in [0.15, 0.2) is 0 Å². The maximum Gasteiger partial charge on any atom is 0.225 e. The van der Waals surface area contributed by atoms with Gasteiger partial charge in [-0.05, 0) is 44.8 Å². The summed E-state index contributed by atoms with van der Waals surface area (Å²) in [5.41, 5.74) is 6.03. The smallest absolute Gasteiger partial charge is 0.225 e. The fourth-order valence-corrected chi connectivity index (χ4v) is 4.93. The van der Waals surface area contributed by atoms with Crippen LogP contribution in [-0.2, 0) is 4.79 Å². The molecule has 0 aromatic heterocycles. The van der Waals surface area contributed by atoms with Crippen LogP contribution < -0.4 is 11.1 Å². The molecule has 0 saturated heterocycles. The van der Waals surface area contributed by atoms with Crippen LogP contribution in [0.4, 0.5) is 0 Å². The van der Waals surface area contributed by atoms with Gasteiger partial charge in [-0.25, -0.2) is 0 Å². The number of nitrogens with two attached hydrogens (primary N) is 1. The van der Waals surface area contributed by atoms with Crippen LogP contribution in [0.5, 0.6) is 0 Å². The highest BCUT2D eigenvalue weighted by Crippen LogP contribution is 2.33. The Morgan fingerprint density at radius 1 is 1.30 bits per heavy atom. The Hall–Kier alpha value is -0.220. The minimum Gasteiger partial charge on any atom is -0.353 e. The topological polar surface area (TPSA) is 55.1 Å². The number of nitrogens with one attached hydrogen (secondary N) is 1. The number of carbonyl (C=O) groups is 1. The largest absolute Gasteiger partial charge is 0.353 e. The van der Waals surface area contributed by atoms with E-state index in [-0.39, 0.29) is 17.4 Å². The Morgan fingerprint density at radius 2 is 2.10 bits per heavy atom. The fraction of sp³-hybridized carbons (Fsp3) is 0.938. The number of hydrogen-bond acceptors (Lipinski definition) is 3. The van der Waals surface area contributed by atoms with Crippen LogP contribution in [0.3, 0.4) is 0 Å². The van der Waals surface area contributed by atoms with Gasteiger partial charge in [0.05, 0.1) is 5.92 Å². The first-order valence-corrected chi connectivity index (χ1v) is 9.28. The first-order valence-electron chi connectivity index (χ1n) is 8.24. The van der Waals surface area contributed by atoms with Gasteiger partial charge >= 0.3 is 0 Å². The Kier molecular flexibility index (Phi) is 5.79. The lowest BCUT2D eigenvalue weighted by molar-refractivity contribution is -0.129. The van der Waals surface area contributed by atoms with Gasteiger partial charge < -0.3 is 11.1 Å². The Labute approximate surface area is 127 Å². The molecular formula is C16H30N2OS. The normalized spacial score (nSPS) is 38.5. The van der Waals surface area contributed by atoms with E-state index in [4.69, 9.17) is 5.73 Å². The molecule has 0 aliphatic heterocycles. The lowest BCUT2D eigenvalue weighted by Crippen LogP contribution is -2.54. The molecule has 0 radical (unpaired) electrons. The van der Waals surface area contributed by atoms with Gasteiger partial charge in [-0.15, -0.1) is 0 Å². The number of hydrogen-bond donors (Lipinski definition) is 2. The highest BCUT2D eigenvalue weighted by atomic mass is 32.2. The molecule has 2 aliphatic carbocycles. The van der Waals surface area contributed by atoms with E-state index < -0.39 is 0 Å². The average Bonchev–Trinajstić information content (AvgIpc) is 2.38. The average molecular weight is 298 g/mol. The van der Waals surface area contributed by atoms with E-state index in [2.05, 4.69) is 12.2 Å². The van der Waals surface area contributed by atoms with E-state index in [0.29, 0.717) is 6.04 Å². The van der Waals surface area contributed by atoms with Crippen molar-refractivity contribution in [1.29, 1.82) is 0 Å². The molecule has 116 valence electrons. The molecular weight excluding hydrogens is 268 g/mol. The van der Waals surface area contributed by atoms with Gasteiger partial charge in [0.25, 0.3) is 0 Å². The third kappa shape index (κ3) is 4.14. The molecule has 2 fully saturated rings. The molecule has 0 aromatic carbocycles. The standard InChI is InChI=1S/C16H30N2OS/c1-3-20-13-8-6-7-12(11-13)18-15(19)14-9-4-5-10-16(14,2)17/h12-14H,3-11,17H2,1-2H3,(H,18,19). The van der Waals surface area contributed by atoms with Crippen molar-refractivity contribution in [1.82, 2.24) is 5.32 Å². The van der Waals surface area contributed by atoms with Crippen molar-refractivity contribution in [3.05, 3.63) is 0 Å². The third-order valence-corrected chi connectivity index (χ3v) is 6.18. The molecule has 4 atom stereocenters. The molecule has 1 amide bonds. The maximum atomic E-state index is 12.5. The van der Waals surface area contributed by atoms with Crippen LogP contribution in [0.1, 0.15) is 65.2 Å². The number of thioether (sulfide) groups is 1. The van der Waals surface area contributed by atoms with Crippen LogP contribution >= 0.6 is 11.8 Å². The van der Waals surface area contributed by atoms with Gasteiger partial charge in [0, 0.05) is 16.8 Å². The summed E-state index contributed by atoms with van der Waals surface area (Å²) in [6.07, 6.45) is 9.07. The summed E-state index contributed by atoms with van der Waals surface area (Å²) in [4.78, 5) is 12.5. The lowest BCUT2D eigenvalue weighted by atomic mass is 9.74. The predicted octanol–water partition coefficient (Wildman–Crippen LogP) is 3.07. The monoisotopic (exact) mass is 298 g/mol. The van der Waals surface area contributed by atoms with E-state index in [9.17, 15) is 4.79 Å². The zero-order valence-electron chi connectivity index (χ0n) is 13.0. The maximum absolute atomic E-state index is 12.5. The van der Waals surface area contributed by atoms with E-state index in [0.717, 1.165) is 43.8 Å². The first-order chi connectivity index (χ1) is 9.53. The molecule has 2 aliphatic rings. The van der Waals surface area contributed by atoms with Gasteiger partial charge in [-0.3, -0.25) is 4.79 Å². The summed E-state index contributed by atoms with van der Waals surface area (Å²) in [6.45, 7) is 4.27. The van der Waals surface area contributed by atoms with Gasteiger partial charge in [-0.2, -0.15) is 11.8 Å². The summed E-state index contributed by atoms with van der Waals surface area (Å²) in [7, 11) is 0. The van der Waals surface area contributed by atoms with Crippen molar-refractivity contribution >= 4 is 17.7 Å². The van der Waals surface area contributed by atoms with Crippen LogP contribution in [0.2, 0.25) is 0 Å². The highest BCUT2D eigenvalue weighted by Gasteiger charge is 2.38. The Morgan fingerprint density at radius 3 is 2.80 bits per heavy atom. The van der Waals surface area contributed by atoms with Crippen molar-refractivity contribution in [2.75, 3.05) is 5.75 Å². The second kappa shape index (κ2) is 7.17. The minimum absolute atomic E-state index is 0.00968. The van der Waals surface area contributed by atoms with Crippen LogP contribution in [-0.4, -0.2) is 28.5 Å². The highest BCUT2D eigenvalue weighted by molar-refractivity contribution is 7.99. The molecule has 0 heterocycles. The number of rotatable bonds is 4. The van der Waals surface area contributed by atoms with Crippen molar-refractivity contribution in [3.8, 4) is 0 Å². The molecule has 3 nitrogen and oxygen atoms in total. The summed E-state index contributed by atoms with van der Waals surface area (Å²) < 4.78 is 0. The lowest BCUT2D eigenvalue weighted by Gasteiger charge is -2.39. The van der Waals surface area contributed by atoms with Crippen molar-refractivity contribution < 1.29 is 4.79 Å². The number of carbonyl (C=O) groups excluding carboxylic acids is 1. The molecule has 0 spiro atoms. The fourth-order valence-electron chi connectivity index (χ4n) is 3.75. The van der Waals surface area contributed by atoms with E-state index in [1.807, 2.05) is 18.7 Å². The minimum atomic E-state index is -0.311. The van der Waals surface area contributed by atoms with Crippen LogP contribution in [0.25, 0.3) is 0 Å². The van der Waals surface area contributed by atoms with E-state index in [1.54, 1.807) is 0 Å². The molecule has 0 bridgehead atoms. The van der Waals surface area contributed by atoms with E-state index in [1.165, 1.54) is 18.6 Å². The van der Waals surface area contributed by atoms with Gasteiger partial charge in [-0.1, -0.05) is 26.2 Å². The van der Waals surface area contributed by atoms with E-state index >= 15 is 0 Å². The summed E-state index contributed by atoms with van der Waals surface area (Å²) in [6, 6.07) is 0.373. The zero-order valence-corrected chi connectivity index (χ0v) is 13.8. The molecule has 0 aromatic rings. The molecule has 4 heteroatoms.